The second kappa shape index (κ2) is 7.14. The highest BCUT2D eigenvalue weighted by atomic mass is 31.1. The van der Waals surface area contributed by atoms with Crippen LogP contribution in [0.1, 0.15) is 0 Å². The lowest BCUT2D eigenvalue weighted by Gasteiger charge is -2.00. The van der Waals surface area contributed by atoms with Gasteiger partial charge in [0.25, 0.3) is 0 Å². The molecule has 0 aliphatic heterocycles. The van der Waals surface area contributed by atoms with Crippen LogP contribution in [0.5, 0.6) is 0 Å². The maximum absolute atomic E-state index is 10.8. The standard InChI is InChI=1S/C6H8NO6P/c1-2-3-12-6(9)5(8)7-4-13-14(10)11/h2H,1,3-4H2,(H-,7,8,10,11)/p+1. The zero-order valence-corrected chi connectivity index (χ0v) is 8.03. The van der Waals surface area contributed by atoms with Gasteiger partial charge >= 0.3 is 20.1 Å². The third-order valence-electron chi connectivity index (χ3n) is 0.925. The number of carbonyl (C=O) groups is 2. The molecular formula is C6H9NO6P+. The van der Waals surface area contributed by atoms with Crippen molar-refractivity contribution < 1.29 is 28.3 Å². The third kappa shape index (κ3) is 6.24. The van der Waals surface area contributed by atoms with Gasteiger partial charge in [-0.15, -0.1) is 4.89 Å². The fraction of sp³-hybridized carbons (Fsp3) is 0.333. The molecule has 0 aromatic carbocycles. The first-order chi connectivity index (χ1) is 6.57. The molecule has 14 heavy (non-hydrogen) atoms. The summed E-state index contributed by atoms with van der Waals surface area (Å²) in [6.45, 7) is 2.66. The summed E-state index contributed by atoms with van der Waals surface area (Å²) in [5, 5.41) is 1.91. The molecule has 0 saturated carbocycles. The van der Waals surface area contributed by atoms with Crippen LogP contribution in [-0.4, -0.2) is 30.1 Å². The lowest BCUT2D eigenvalue weighted by molar-refractivity contribution is -0.154. The smallest absolute Gasteiger partial charge is 0.454 e. The maximum atomic E-state index is 10.8. The van der Waals surface area contributed by atoms with E-state index in [9.17, 15) is 14.2 Å². The van der Waals surface area contributed by atoms with Gasteiger partial charge in [-0.05, 0) is 0 Å². The van der Waals surface area contributed by atoms with E-state index in [1.54, 1.807) is 0 Å². The average molecular weight is 222 g/mol. The molecule has 7 nitrogen and oxygen atoms in total. The molecule has 0 heterocycles. The van der Waals surface area contributed by atoms with Crippen LogP contribution in [0.4, 0.5) is 0 Å². The van der Waals surface area contributed by atoms with Gasteiger partial charge in [0.15, 0.2) is 6.73 Å². The summed E-state index contributed by atoms with van der Waals surface area (Å²) >= 11 is 0. The van der Waals surface area contributed by atoms with Crippen LogP contribution in [0.15, 0.2) is 12.7 Å². The Labute approximate surface area is 80.6 Å². The number of hydrogen-bond donors (Lipinski definition) is 2. The van der Waals surface area contributed by atoms with Crippen molar-refractivity contribution in [2.75, 3.05) is 13.3 Å². The van der Waals surface area contributed by atoms with Gasteiger partial charge in [-0.25, -0.2) is 4.79 Å². The van der Waals surface area contributed by atoms with E-state index in [-0.39, 0.29) is 6.61 Å². The van der Waals surface area contributed by atoms with Crippen molar-refractivity contribution >= 4 is 20.1 Å². The van der Waals surface area contributed by atoms with Gasteiger partial charge in [0, 0.05) is 4.57 Å². The van der Waals surface area contributed by atoms with Crippen molar-refractivity contribution in [3.63, 3.8) is 0 Å². The molecule has 1 amide bonds. The molecule has 0 aromatic heterocycles. The molecule has 0 rings (SSSR count). The Bertz CT molecular complexity index is 253. The first kappa shape index (κ1) is 12.7. The van der Waals surface area contributed by atoms with E-state index >= 15 is 0 Å². The van der Waals surface area contributed by atoms with Crippen molar-refractivity contribution in [1.29, 1.82) is 0 Å². The Kier molecular flexibility index (Phi) is 6.47. The van der Waals surface area contributed by atoms with E-state index in [0.717, 1.165) is 0 Å². The minimum atomic E-state index is -2.79. The molecular weight excluding hydrogens is 213 g/mol. The summed E-state index contributed by atoms with van der Waals surface area (Å²) in [6, 6.07) is 0. The van der Waals surface area contributed by atoms with Crippen LogP contribution in [0.2, 0.25) is 0 Å². The predicted octanol–water partition coefficient (Wildman–Crippen LogP) is -0.544. The highest BCUT2D eigenvalue weighted by Gasteiger charge is 2.17. The first-order valence-electron chi connectivity index (χ1n) is 3.42. The van der Waals surface area contributed by atoms with Gasteiger partial charge < -0.3 is 10.1 Å². The van der Waals surface area contributed by atoms with Crippen LogP contribution in [-0.2, 0) is 23.4 Å². The van der Waals surface area contributed by atoms with E-state index in [1.807, 2.05) is 5.32 Å². The topological polar surface area (TPSA) is 102 Å². The van der Waals surface area contributed by atoms with Gasteiger partial charge in [0.2, 0.25) is 0 Å². The van der Waals surface area contributed by atoms with Crippen LogP contribution >= 0.6 is 8.25 Å². The molecule has 0 aliphatic rings. The fourth-order valence-corrected chi connectivity index (χ4v) is 0.600. The Morgan fingerprint density at radius 3 is 2.71 bits per heavy atom. The van der Waals surface area contributed by atoms with Gasteiger partial charge in [-0.2, -0.15) is 0 Å². The van der Waals surface area contributed by atoms with Crippen LogP contribution < -0.4 is 5.32 Å². The summed E-state index contributed by atoms with van der Waals surface area (Å²) in [6.07, 6.45) is 1.30. The number of ether oxygens (including phenoxy) is 1. The van der Waals surface area contributed by atoms with E-state index < -0.39 is 26.9 Å². The highest BCUT2D eigenvalue weighted by Crippen LogP contribution is 2.11. The number of nitrogens with one attached hydrogen (secondary N) is 1. The van der Waals surface area contributed by atoms with Crippen LogP contribution in [0.3, 0.4) is 0 Å². The SMILES string of the molecule is C=CCOC(=O)C(=O)NCO[P+](=O)O. The monoisotopic (exact) mass is 222 g/mol. The van der Waals surface area contributed by atoms with E-state index in [1.165, 1.54) is 6.08 Å². The molecule has 0 aromatic rings. The zero-order chi connectivity index (χ0) is 11.0. The lowest BCUT2D eigenvalue weighted by Crippen LogP contribution is -2.33. The molecule has 8 heteroatoms. The summed E-state index contributed by atoms with van der Waals surface area (Å²) in [5.41, 5.74) is 0. The molecule has 1 atom stereocenters. The largest absolute Gasteiger partial charge is 0.696 e. The predicted molar refractivity (Wildman–Crippen MR) is 45.1 cm³/mol. The molecule has 0 radical (unpaired) electrons. The second-order valence-corrected chi connectivity index (χ2v) is 2.64. The zero-order valence-electron chi connectivity index (χ0n) is 7.13. The molecule has 0 fully saturated rings. The molecule has 0 saturated heterocycles. The van der Waals surface area contributed by atoms with Crippen molar-refractivity contribution in [2.45, 2.75) is 0 Å². The van der Waals surface area contributed by atoms with Gasteiger partial charge in [-0.3, -0.25) is 4.79 Å². The molecule has 1 unspecified atom stereocenters. The molecule has 0 spiro atoms. The Hall–Kier alpha value is -1.30. The molecule has 0 bridgehead atoms. The molecule has 0 aliphatic carbocycles. The maximum Gasteiger partial charge on any atom is 0.696 e. The Morgan fingerprint density at radius 1 is 1.57 bits per heavy atom. The summed E-state index contributed by atoms with van der Waals surface area (Å²) in [7, 11) is -2.79. The van der Waals surface area contributed by atoms with E-state index in [4.69, 9.17) is 4.89 Å². The van der Waals surface area contributed by atoms with Gasteiger partial charge in [0.05, 0.1) is 0 Å². The van der Waals surface area contributed by atoms with Crippen molar-refractivity contribution in [1.82, 2.24) is 5.32 Å². The summed E-state index contributed by atoms with van der Waals surface area (Å²) in [4.78, 5) is 29.6. The molecule has 2 N–H and O–H groups in total. The number of amides is 1. The van der Waals surface area contributed by atoms with Gasteiger partial charge in [0.1, 0.15) is 6.61 Å². The fourth-order valence-electron chi connectivity index (χ4n) is 0.425. The Balaban J connectivity index is 3.67. The van der Waals surface area contributed by atoms with Gasteiger partial charge in [-0.1, -0.05) is 17.2 Å². The van der Waals surface area contributed by atoms with Crippen molar-refractivity contribution in [3.05, 3.63) is 12.7 Å². The summed E-state index contributed by atoms with van der Waals surface area (Å²) in [5.74, 6) is -2.16. The molecule has 78 valence electrons. The first-order valence-corrected chi connectivity index (χ1v) is 4.56. The third-order valence-corrected chi connectivity index (χ3v) is 1.28. The Morgan fingerprint density at radius 2 is 2.21 bits per heavy atom. The highest BCUT2D eigenvalue weighted by molar-refractivity contribution is 7.32. The van der Waals surface area contributed by atoms with Crippen molar-refractivity contribution in [2.24, 2.45) is 0 Å². The number of rotatable bonds is 5. The van der Waals surface area contributed by atoms with Crippen LogP contribution in [0.25, 0.3) is 0 Å². The van der Waals surface area contributed by atoms with E-state index in [2.05, 4.69) is 15.8 Å². The average Bonchev–Trinajstić information content (AvgIpc) is 2.13. The quantitative estimate of drug-likeness (QED) is 0.213. The minimum absolute atomic E-state index is 0.0820. The number of esters is 1. The van der Waals surface area contributed by atoms with Crippen molar-refractivity contribution in [3.8, 4) is 0 Å². The minimum Gasteiger partial charge on any atom is -0.454 e. The second-order valence-electron chi connectivity index (χ2n) is 1.90. The normalized spacial score (nSPS) is 10.2. The van der Waals surface area contributed by atoms with Crippen LogP contribution in [0, 0.1) is 0 Å². The van der Waals surface area contributed by atoms with E-state index in [0.29, 0.717) is 0 Å². The summed E-state index contributed by atoms with van der Waals surface area (Å²) < 4.78 is 18.4. The number of carbonyl (C=O) groups excluding carboxylic acids is 2. The number of hydrogen-bond acceptors (Lipinski definition) is 5. The lowest BCUT2D eigenvalue weighted by atomic mass is 10.6.